The fourth-order valence-electron chi connectivity index (χ4n) is 3.07. The fourth-order valence-corrected chi connectivity index (χ4v) is 3.42. The highest BCUT2D eigenvalue weighted by Crippen LogP contribution is 2.32. The molecular formula is C14H16N4O3S. The van der Waals surface area contributed by atoms with Crippen LogP contribution in [0.25, 0.3) is 11.4 Å². The van der Waals surface area contributed by atoms with Gasteiger partial charge in [-0.05, 0) is 18.7 Å². The Morgan fingerprint density at radius 2 is 2.23 bits per heavy atom. The Morgan fingerprint density at radius 3 is 3.00 bits per heavy atom. The van der Waals surface area contributed by atoms with Gasteiger partial charge >= 0.3 is 0 Å². The smallest absolute Gasteiger partial charge is 0.273 e. The first kappa shape index (κ1) is 14.0. The zero-order chi connectivity index (χ0) is 15.1. The Morgan fingerprint density at radius 1 is 1.36 bits per heavy atom. The highest BCUT2D eigenvalue weighted by Gasteiger charge is 2.32. The van der Waals surface area contributed by atoms with Crippen LogP contribution in [-0.4, -0.2) is 39.0 Å². The molecule has 2 aliphatic heterocycles. The molecule has 2 aromatic rings. The molecule has 0 aromatic carbocycles. The molecule has 2 aromatic heterocycles. The van der Waals surface area contributed by atoms with Gasteiger partial charge in [0.25, 0.3) is 5.56 Å². The molecule has 22 heavy (non-hydrogen) atoms. The third-order valence-electron chi connectivity index (χ3n) is 4.01. The second-order valence-electron chi connectivity index (χ2n) is 5.24. The third kappa shape index (κ3) is 2.10. The number of rotatable bonds is 3. The van der Waals surface area contributed by atoms with Crippen molar-refractivity contribution in [3.8, 4) is 11.4 Å². The van der Waals surface area contributed by atoms with Crippen molar-refractivity contribution in [3.05, 3.63) is 28.2 Å². The standard InChI is InChI=1S/C14H16N4O3S/c1-22-14-15-4-3-9(16-14)12-11(10-7-20-8-21-10)13(19)18-6-2-5-17(12)18/h3-4,10H,2,5-8H2,1H3. The van der Waals surface area contributed by atoms with Crippen LogP contribution in [0.15, 0.2) is 22.2 Å². The molecule has 2 aliphatic rings. The predicted octanol–water partition coefficient (Wildman–Crippen LogP) is 1.28. The number of hydrogen-bond donors (Lipinski definition) is 0. The molecule has 1 unspecified atom stereocenters. The van der Waals surface area contributed by atoms with Crippen molar-refractivity contribution in [1.82, 2.24) is 19.3 Å². The Hall–Kier alpha value is -1.64. The van der Waals surface area contributed by atoms with Crippen molar-refractivity contribution in [2.24, 2.45) is 0 Å². The Balaban J connectivity index is 1.93. The van der Waals surface area contributed by atoms with Crippen molar-refractivity contribution in [3.63, 3.8) is 0 Å². The molecule has 8 heteroatoms. The largest absolute Gasteiger partial charge is 0.352 e. The fraction of sp³-hybridized carbons (Fsp3) is 0.500. The maximum Gasteiger partial charge on any atom is 0.273 e. The van der Waals surface area contributed by atoms with Gasteiger partial charge < -0.3 is 9.47 Å². The molecule has 116 valence electrons. The summed E-state index contributed by atoms with van der Waals surface area (Å²) < 4.78 is 14.7. The van der Waals surface area contributed by atoms with Crippen LogP contribution in [-0.2, 0) is 22.6 Å². The van der Waals surface area contributed by atoms with Gasteiger partial charge in [0.05, 0.1) is 23.6 Å². The summed E-state index contributed by atoms with van der Waals surface area (Å²) in [5.74, 6) is 0. The molecule has 7 nitrogen and oxygen atoms in total. The van der Waals surface area contributed by atoms with Gasteiger partial charge in [-0.2, -0.15) is 0 Å². The monoisotopic (exact) mass is 320 g/mol. The maximum atomic E-state index is 12.8. The molecule has 0 saturated carbocycles. The first-order valence-electron chi connectivity index (χ1n) is 7.20. The van der Waals surface area contributed by atoms with E-state index in [1.54, 1.807) is 10.9 Å². The predicted molar refractivity (Wildman–Crippen MR) is 80.8 cm³/mol. The van der Waals surface area contributed by atoms with Gasteiger partial charge in [0.15, 0.2) is 5.16 Å². The highest BCUT2D eigenvalue weighted by atomic mass is 32.2. The van der Waals surface area contributed by atoms with Gasteiger partial charge in [-0.25, -0.2) is 14.6 Å². The number of aromatic nitrogens is 4. The lowest BCUT2D eigenvalue weighted by atomic mass is 10.1. The van der Waals surface area contributed by atoms with Gasteiger partial charge in [0.1, 0.15) is 12.9 Å². The van der Waals surface area contributed by atoms with E-state index in [0.717, 1.165) is 30.9 Å². The lowest BCUT2D eigenvalue weighted by Crippen LogP contribution is -2.21. The summed E-state index contributed by atoms with van der Waals surface area (Å²) in [5.41, 5.74) is 2.27. The van der Waals surface area contributed by atoms with Crippen LogP contribution in [0.1, 0.15) is 18.1 Å². The summed E-state index contributed by atoms with van der Waals surface area (Å²) in [6.07, 6.45) is 4.31. The van der Waals surface area contributed by atoms with Gasteiger partial charge in [0, 0.05) is 19.3 Å². The minimum atomic E-state index is -0.319. The van der Waals surface area contributed by atoms with E-state index in [0.29, 0.717) is 17.3 Å². The maximum absolute atomic E-state index is 12.8. The summed E-state index contributed by atoms with van der Waals surface area (Å²) in [5, 5.41) is 0.693. The first-order valence-corrected chi connectivity index (χ1v) is 8.42. The van der Waals surface area contributed by atoms with Crippen LogP contribution < -0.4 is 5.56 Å². The Kier molecular flexibility index (Phi) is 3.51. The zero-order valence-corrected chi connectivity index (χ0v) is 13.0. The van der Waals surface area contributed by atoms with Gasteiger partial charge in [0.2, 0.25) is 0 Å². The second kappa shape index (κ2) is 5.53. The van der Waals surface area contributed by atoms with E-state index >= 15 is 0 Å². The van der Waals surface area contributed by atoms with Gasteiger partial charge in [-0.15, -0.1) is 0 Å². The molecule has 0 N–H and O–H groups in total. The van der Waals surface area contributed by atoms with E-state index in [1.165, 1.54) is 11.8 Å². The van der Waals surface area contributed by atoms with Crippen molar-refractivity contribution >= 4 is 11.8 Å². The van der Waals surface area contributed by atoms with E-state index in [-0.39, 0.29) is 18.5 Å². The lowest BCUT2D eigenvalue weighted by Gasteiger charge is -2.10. The zero-order valence-electron chi connectivity index (χ0n) is 12.2. The minimum absolute atomic E-state index is 0.00677. The second-order valence-corrected chi connectivity index (χ2v) is 6.01. The molecule has 1 saturated heterocycles. The molecule has 4 heterocycles. The summed E-state index contributed by atoms with van der Waals surface area (Å²) in [6, 6.07) is 1.85. The normalized spacial score (nSPS) is 20.5. The summed E-state index contributed by atoms with van der Waals surface area (Å²) in [6.45, 7) is 2.19. The summed E-state index contributed by atoms with van der Waals surface area (Å²) in [7, 11) is 0. The molecule has 0 radical (unpaired) electrons. The number of hydrogen-bond acceptors (Lipinski definition) is 6. The summed E-state index contributed by atoms with van der Waals surface area (Å²) in [4.78, 5) is 21.5. The van der Waals surface area contributed by atoms with Gasteiger partial charge in [-0.3, -0.25) is 9.48 Å². The highest BCUT2D eigenvalue weighted by molar-refractivity contribution is 7.98. The molecule has 1 fully saturated rings. The molecule has 1 atom stereocenters. The van der Waals surface area contributed by atoms with Crippen molar-refractivity contribution < 1.29 is 9.47 Å². The van der Waals surface area contributed by atoms with Crippen LogP contribution in [0, 0.1) is 0 Å². The van der Waals surface area contributed by atoms with Crippen LogP contribution >= 0.6 is 11.8 Å². The topological polar surface area (TPSA) is 71.2 Å². The Labute approximate surface area is 131 Å². The minimum Gasteiger partial charge on any atom is -0.352 e. The Bertz CT molecular complexity index is 764. The van der Waals surface area contributed by atoms with Gasteiger partial charge in [-0.1, -0.05) is 11.8 Å². The summed E-state index contributed by atoms with van der Waals surface area (Å²) >= 11 is 1.48. The van der Waals surface area contributed by atoms with Crippen LogP contribution in [0.2, 0.25) is 0 Å². The van der Waals surface area contributed by atoms with Crippen LogP contribution in [0.3, 0.4) is 0 Å². The number of thioether (sulfide) groups is 1. The quantitative estimate of drug-likeness (QED) is 0.627. The van der Waals surface area contributed by atoms with E-state index < -0.39 is 0 Å². The molecule has 0 aliphatic carbocycles. The SMILES string of the molecule is CSc1nccc(-c2c(C3COCO3)c(=O)n3n2CCC3)n1. The van der Waals surface area contributed by atoms with Crippen LogP contribution in [0.4, 0.5) is 0 Å². The van der Waals surface area contributed by atoms with E-state index in [4.69, 9.17) is 9.47 Å². The average Bonchev–Trinajstić information content (AvgIpc) is 3.25. The first-order chi connectivity index (χ1) is 10.8. The number of ether oxygens (including phenoxy) is 2. The van der Waals surface area contributed by atoms with E-state index in [9.17, 15) is 4.79 Å². The molecule has 0 bridgehead atoms. The third-order valence-corrected chi connectivity index (χ3v) is 4.57. The molecule has 0 spiro atoms. The molecule has 4 rings (SSSR count). The average molecular weight is 320 g/mol. The number of fused-ring (bicyclic) bond motifs is 1. The van der Waals surface area contributed by atoms with Crippen molar-refractivity contribution in [2.75, 3.05) is 19.7 Å². The van der Waals surface area contributed by atoms with Crippen molar-refractivity contribution in [1.29, 1.82) is 0 Å². The van der Waals surface area contributed by atoms with Crippen LogP contribution in [0.5, 0.6) is 0 Å². The molecular weight excluding hydrogens is 304 g/mol. The number of nitrogens with zero attached hydrogens (tertiary/aromatic N) is 4. The molecule has 0 amide bonds. The van der Waals surface area contributed by atoms with Crippen molar-refractivity contribution in [2.45, 2.75) is 30.8 Å². The lowest BCUT2D eigenvalue weighted by molar-refractivity contribution is 0.0464. The van der Waals surface area contributed by atoms with E-state index in [1.807, 2.05) is 17.0 Å². The van der Waals surface area contributed by atoms with E-state index in [2.05, 4.69) is 9.97 Å².